The van der Waals surface area contributed by atoms with Crippen molar-refractivity contribution in [2.24, 2.45) is 0 Å². The molecule has 4 heteroatoms. The Balaban J connectivity index is 2.85. The van der Waals surface area contributed by atoms with Gasteiger partial charge in [0, 0.05) is 24.7 Å². The third-order valence-corrected chi connectivity index (χ3v) is 2.77. The molecule has 1 aromatic carbocycles. The highest BCUT2D eigenvalue weighted by molar-refractivity contribution is 9.10. The minimum atomic E-state index is 0.708. The first-order valence-corrected chi connectivity index (χ1v) is 5.77. The summed E-state index contributed by atoms with van der Waals surface area (Å²) in [5.41, 5.74) is 7.80. The van der Waals surface area contributed by atoms with Crippen molar-refractivity contribution in [1.82, 2.24) is 0 Å². The highest BCUT2D eigenvalue weighted by Crippen LogP contribution is 2.26. The number of benzene rings is 1. The molecule has 84 valence electrons. The standard InChI is InChI=1S/C11H17BrN2O/c1-3-14(6-7-15-2)11-8-9(12)4-5-10(11)13/h4-5,8H,3,6-7,13H2,1-2H3. The molecule has 0 aliphatic rings. The van der Waals surface area contributed by atoms with Crippen LogP contribution in [0.15, 0.2) is 22.7 Å². The number of halogens is 1. The van der Waals surface area contributed by atoms with Crippen LogP contribution >= 0.6 is 15.9 Å². The van der Waals surface area contributed by atoms with E-state index in [0.29, 0.717) is 6.61 Å². The third kappa shape index (κ3) is 3.39. The molecular weight excluding hydrogens is 256 g/mol. The molecule has 0 bridgehead atoms. The second-order valence-corrected chi connectivity index (χ2v) is 4.19. The Morgan fingerprint density at radius 2 is 2.20 bits per heavy atom. The highest BCUT2D eigenvalue weighted by atomic mass is 79.9. The molecular formula is C11H17BrN2O. The molecule has 3 nitrogen and oxygen atoms in total. The molecule has 15 heavy (non-hydrogen) atoms. The molecule has 0 atom stereocenters. The van der Waals surface area contributed by atoms with Gasteiger partial charge in [0.15, 0.2) is 0 Å². The zero-order chi connectivity index (χ0) is 11.3. The van der Waals surface area contributed by atoms with E-state index < -0.39 is 0 Å². The summed E-state index contributed by atoms with van der Waals surface area (Å²) in [6.45, 7) is 4.59. The molecule has 0 amide bonds. The van der Waals surface area contributed by atoms with E-state index >= 15 is 0 Å². The van der Waals surface area contributed by atoms with E-state index in [-0.39, 0.29) is 0 Å². The zero-order valence-corrected chi connectivity index (χ0v) is 10.8. The van der Waals surface area contributed by atoms with Crippen LogP contribution in [0, 0.1) is 0 Å². The molecule has 0 saturated carbocycles. The van der Waals surface area contributed by atoms with E-state index in [2.05, 4.69) is 27.8 Å². The van der Waals surface area contributed by atoms with Crippen molar-refractivity contribution in [1.29, 1.82) is 0 Å². The van der Waals surface area contributed by atoms with Crippen molar-refractivity contribution in [3.05, 3.63) is 22.7 Å². The summed E-state index contributed by atoms with van der Waals surface area (Å²) in [7, 11) is 1.71. The van der Waals surface area contributed by atoms with Gasteiger partial charge >= 0.3 is 0 Å². The molecule has 0 heterocycles. The fourth-order valence-corrected chi connectivity index (χ4v) is 1.79. The lowest BCUT2D eigenvalue weighted by Crippen LogP contribution is -2.27. The topological polar surface area (TPSA) is 38.5 Å². The third-order valence-electron chi connectivity index (χ3n) is 2.28. The molecule has 0 aliphatic heterocycles. The minimum Gasteiger partial charge on any atom is -0.397 e. The van der Waals surface area contributed by atoms with Crippen molar-refractivity contribution >= 4 is 27.3 Å². The van der Waals surface area contributed by atoms with Gasteiger partial charge in [0.1, 0.15) is 0 Å². The first kappa shape index (κ1) is 12.3. The first-order valence-electron chi connectivity index (χ1n) is 4.98. The lowest BCUT2D eigenvalue weighted by atomic mass is 10.2. The average Bonchev–Trinajstić information content (AvgIpc) is 2.24. The summed E-state index contributed by atoms with van der Waals surface area (Å²) < 4.78 is 6.12. The summed E-state index contributed by atoms with van der Waals surface area (Å²) in [5, 5.41) is 0. The van der Waals surface area contributed by atoms with Crippen LogP contribution in [0.2, 0.25) is 0 Å². The Labute approximate surface area is 99.3 Å². The summed E-state index contributed by atoms with van der Waals surface area (Å²) in [4.78, 5) is 2.20. The molecule has 0 radical (unpaired) electrons. The van der Waals surface area contributed by atoms with Gasteiger partial charge < -0.3 is 15.4 Å². The molecule has 0 fully saturated rings. The van der Waals surface area contributed by atoms with Crippen LogP contribution in [0.5, 0.6) is 0 Å². The number of nitrogens with two attached hydrogens (primary N) is 1. The molecule has 0 aromatic heterocycles. The monoisotopic (exact) mass is 272 g/mol. The van der Waals surface area contributed by atoms with Gasteiger partial charge in [-0.25, -0.2) is 0 Å². The molecule has 2 N–H and O–H groups in total. The Morgan fingerprint density at radius 3 is 2.80 bits per heavy atom. The van der Waals surface area contributed by atoms with Crippen molar-refractivity contribution in [2.45, 2.75) is 6.92 Å². The van der Waals surface area contributed by atoms with E-state index in [4.69, 9.17) is 10.5 Å². The van der Waals surface area contributed by atoms with E-state index in [9.17, 15) is 0 Å². The zero-order valence-electron chi connectivity index (χ0n) is 9.16. The maximum Gasteiger partial charge on any atom is 0.0637 e. The van der Waals surface area contributed by atoms with Gasteiger partial charge in [-0.2, -0.15) is 0 Å². The number of hydrogen-bond acceptors (Lipinski definition) is 3. The number of likely N-dealkylation sites (N-methyl/N-ethyl adjacent to an activating group) is 1. The van der Waals surface area contributed by atoms with Crippen LogP contribution in [0.4, 0.5) is 11.4 Å². The Morgan fingerprint density at radius 1 is 1.47 bits per heavy atom. The van der Waals surface area contributed by atoms with Gasteiger partial charge in [-0.05, 0) is 25.1 Å². The fourth-order valence-electron chi connectivity index (χ4n) is 1.44. The van der Waals surface area contributed by atoms with Crippen molar-refractivity contribution in [3.63, 3.8) is 0 Å². The normalized spacial score (nSPS) is 10.3. The number of methoxy groups -OCH3 is 1. The number of hydrogen-bond donors (Lipinski definition) is 1. The maximum atomic E-state index is 5.93. The summed E-state index contributed by atoms with van der Waals surface area (Å²) in [5.74, 6) is 0. The lowest BCUT2D eigenvalue weighted by molar-refractivity contribution is 0.205. The number of anilines is 2. The molecule has 0 aliphatic carbocycles. The van der Waals surface area contributed by atoms with E-state index in [1.165, 1.54) is 0 Å². The molecule has 1 aromatic rings. The fraction of sp³-hybridized carbons (Fsp3) is 0.455. The van der Waals surface area contributed by atoms with Gasteiger partial charge in [-0.1, -0.05) is 15.9 Å². The van der Waals surface area contributed by atoms with Gasteiger partial charge in [-0.15, -0.1) is 0 Å². The van der Waals surface area contributed by atoms with Gasteiger partial charge in [0.25, 0.3) is 0 Å². The second kappa shape index (κ2) is 5.98. The Kier molecular flexibility index (Phi) is 4.91. The average molecular weight is 273 g/mol. The molecule has 0 unspecified atom stereocenters. The van der Waals surface area contributed by atoms with Crippen LogP contribution in [-0.4, -0.2) is 26.8 Å². The van der Waals surface area contributed by atoms with Gasteiger partial charge in [0.05, 0.1) is 18.0 Å². The van der Waals surface area contributed by atoms with E-state index in [1.54, 1.807) is 7.11 Å². The predicted octanol–water partition coefficient (Wildman–Crippen LogP) is 2.50. The van der Waals surface area contributed by atoms with Crippen LogP contribution in [-0.2, 0) is 4.74 Å². The molecule has 0 saturated heterocycles. The van der Waals surface area contributed by atoms with Gasteiger partial charge in [-0.3, -0.25) is 0 Å². The smallest absolute Gasteiger partial charge is 0.0637 e. The molecule has 0 spiro atoms. The highest BCUT2D eigenvalue weighted by Gasteiger charge is 2.07. The number of ether oxygens (including phenoxy) is 1. The Bertz CT molecular complexity index is 317. The SMILES string of the molecule is CCN(CCOC)c1cc(Br)ccc1N. The van der Waals surface area contributed by atoms with Crippen LogP contribution in [0.1, 0.15) is 6.92 Å². The Hall–Kier alpha value is -0.740. The quantitative estimate of drug-likeness (QED) is 0.838. The minimum absolute atomic E-state index is 0.708. The molecule has 1 rings (SSSR count). The largest absolute Gasteiger partial charge is 0.397 e. The van der Waals surface area contributed by atoms with Crippen molar-refractivity contribution in [3.8, 4) is 0 Å². The van der Waals surface area contributed by atoms with E-state index in [1.807, 2.05) is 18.2 Å². The lowest BCUT2D eigenvalue weighted by Gasteiger charge is -2.24. The maximum absolute atomic E-state index is 5.93. The first-order chi connectivity index (χ1) is 7.19. The summed E-state index contributed by atoms with van der Waals surface area (Å²) in [6, 6.07) is 5.90. The number of rotatable bonds is 5. The van der Waals surface area contributed by atoms with Crippen molar-refractivity contribution in [2.75, 3.05) is 37.4 Å². The van der Waals surface area contributed by atoms with Crippen LogP contribution < -0.4 is 10.6 Å². The number of nitrogens with zero attached hydrogens (tertiary/aromatic N) is 1. The number of nitrogen functional groups attached to an aromatic ring is 1. The van der Waals surface area contributed by atoms with Crippen molar-refractivity contribution < 1.29 is 4.74 Å². The van der Waals surface area contributed by atoms with Crippen LogP contribution in [0.25, 0.3) is 0 Å². The summed E-state index contributed by atoms with van der Waals surface area (Å²) >= 11 is 3.45. The van der Waals surface area contributed by atoms with E-state index in [0.717, 1.165) is 28.9 Å². The van der Waals surface area contributed by atoms with Gasteiger partial charge in [0.2, 0.25) is 0 Å². The van der Waals surface area contributed by atoms with Crippen LogP contribution in [0.3, 0.4) is 0 Å². The second-order valence-electron chi connectivity index (χ2n) is 3.28. The predicted molar refractivity (Wildman–Crippen MR) is 68.3 cm³/mol. The summed E-state index contributed by atoms with van der Waals surface area (Å²) in [6.07, 6.45) is 0.